The number of carbonyl (C=O) groups is 1. The van der Waals surface area contributed by atoms with E-state index >= 15 is 0 Å². The number of nitrogens with zero attached hydrogens (tertiary/aromatic N) is 2. The molecule has 152 valence electrons. The van der Waals surface area contributed by atoms with Crippen LogP contribution in [-0.2, 0) is 12.8 Å². The molecule has 0 unspecified atom stereocenters. The van der Waals surface area contributed by atoms with E-state index in [1.165, 1.54) is 5.56 Å². The average molecular weight is 414 g/mol. The summed E-state index contributed by atoms with van der Waals surface area (Å²) in [5.74, 6) is 1.52. The average Bonchev–Trinajstić information content (AvgIpc) is 3.20. The van der Waals surface area contributed by atoms with Crippen LogP contribution in [0.3, 0.4) is 0 Å². The Hall–Kier alpha value is -2.47. The van der Waals surface area contributed by atoms with Crippen molar-refractivity contribution in [2.75, 3.05) is 31.6 Å². The number of aryl methyl sites for hydroxylation is 2. The molecule has 3 aliphatic rings. The van der Waals surface area contributed by atoms with E-state index in [9.17, 15) is 4.79 Å². The summed E-state index contributed by atoms with van der Waals surface area (Å²) in [6.07, 6.45) is 4.97. The Kier molecular flexibility index (Phi) is 4.96. The van der Waals surface area contributed by atoms with Crippen molar-refractivity contribution in [3.05, 3.63) is 46.2 Å². The molecule has 5 rings (SSSR count). The smallest absolute Gasteiger partial charge is 0.257 e. The summed E-state index contributed by atoms with van der Waals surface area (Å²) in [5.41, 5.74) is 3.72. The first kappa shape index (κ1) is 18.6. The molecule has 0 bridgehead atoms. The largest absolute Gasteiger partial charge is 0.486 e. The predicted octanol–water partition coefficient (Wildman–Crippen LogP) is 3.71. The number of fused-ring (bicyclic) bond motifs is 2. The first-order valence-electron chi connectivity index (χ1n) is 10.3. The number of amides is 1. The van der Waals surface area contributed by atoms with Crippen LogP contribution in [-0.4, -0.2) is 48.1 Å². The van der Waals surface area contributed by atoms with Gasteiger partial charge in [-0.05, 0) is 55.9 Å². The maximum absolute atomic E-state index is 13.1. The number of pyridine rings is 1. The fraction of sp³-hybridized carbons (Fsp3) is 0.455. The summed E-state index contributed by atoms with van der Waals surface area (Å²) >= 11 is 6.36. The summed E-state index contributed by atoms with van der Waals surface area (Å²) in [6, 6.07) is 8.03. The zero-order chi connectivity index (χ0) is 19.8. The third-order valence-corrected chi connectivity index (χ3v) is 6.14. The van der Waals surface area contributed by atoms with Crippen molar-refractivity contribution >= 4 is 23.2 Å². The van der Waals surface area contributed by atoms with Gasteiger partial charge in [-0.25, -0.2) is 4.98 Å². The minimum absolute atomic E-state index is 0.0223. The van der Waals surface area contributed by atoms with Crippen LogP contribution in [0.25, 0.3) is 0 Å². The van der Waals surface area contributed by atoms with Crippen molar-refractivity contribution in [2.24, 2.45) is 0 Å². The van der Waals surface area contributed by atoms with Crippen LogP contribution in [0, 0.1) is 0 Å². The Labute approximate surface area is 175 Å². The number of ether oxygens (including phenoxy) is 2. The van der Waals surface area contributed by atoms with Crippen molar-refractivity contribution in [3.8, 4) is 11.5 Å². The number of rotatable bonds is 3. The van der Waals surface area contributed by atoms with Gasteiger partial charge in [0.2, 0.25) is 0 Å². The van der Waals surface area contributed by atoms with Crippen molar-refractivity contribution in [1.82, 2.24) is 9.88 Å². The molecule has 2 aliphatic heterocycles. The van der Waals surface area contributed by atoms with Gasteiger partial charge < -0.3 is 19.7 Å². The Balaban J connectivity index is 1.29. The van der Waals surface area contributed by atoms with Gasteiger partial charge in [-0.1, -0.05) is 11.6 Å². The van der Waals surface area contributed by atoms with Crippen LogP contribution < -0.4 is 14.8 Å². The van der Waals surface area contributed by atoms with E-state index in [2.05, 4.69) is 10.3 Å². The van der Waals surface area contributed by atoms with E-state index in [1.807, 2.05) is 29.2 Å². The van der Waals surface area contributed by atoms with Crippen LogP contribution in [0.1, 0.15) is 40.9 Å². The minimum atomic E-state index is -0.0223. The molecule has 1 aromatic carbocycles. The molecule has 1 fully saturated rings. The number of halogens is 1. The number of anilines is 1. The molecule has 1 amide bonds. The maximum atomic E-state index is 13.1. The van der Waals surface area contributed by atoms with Crippen molar-refractivity contribution < 1.29 is 14.3 Å². The van der Waals surface area contributed by atoms with Crippen molar-refractivity contribution in [2.45, 2.75) is 38.1 Å². The number of hydrogen-bond acceptors (Lipinski definition) is 5. The van der Waals surface area contributed by atoms with Gasteiger partial charge in [0.15, 0.2) is 11.5 Å². The van der Waals surface area contributed by atoms with Crippen LogP contribution in [0.4, 0.5) is 5.69 Å². The lowest BCUT2D eigenvalue weighted by Crippen LogP contribution is -2.45. The minimum Gasteiger partial charge on any atom is -0.486 e. The number of benzene rings is 1. The predicted molar refractivity (Wildman–Crippen MR) is 111 cm³/mol. The lowest BCUT2D eigenvalue weighted by Gasteiger charge is -2.34. The molecular formula is C22H24ClN3O3. The molecule has 1 aliphatic carbocycles. The van der Waals surface area contributed by atoms with Crippen LogP contribution in [0.5, 0.6) is 11.5 Å². The maximum Gasteiger partial charge on any atom is 0.257 e. The van der Waals surface area contributed by atoms with E-state index in [4.69, 9.17) is 21.1 Å². The summed E-state index contributed by atoms with van der Waals surface area (Å²) < 4.78 is 11.3. The SMILES string of the molecule is O=C(c1cc2c(nc1Cl)CCC2)N1CCC[C@@H](Nc2ccc3c(c2)OCCO3)C1. The highest BCUT2D eigenvalue weighted by molar-refractivity contribution is 6.32. The molecular weight excluding hydrogens is 390 g/mol. The monoisotopic (exact) mass is 413 g/mol. The number of likely N-dealkylation sites (tertiary alicyclic amines) is 1. The van der Waals surface area contributed by atoms with Crippen molar-refractivity contribution in [1.29, 1.82) is 0 Å². The van der Waals surface area contributed by atoms with Crippen LogP contribution >= 0.6 is 11.6 Å². The topological polar surface area (TPSA) is 63.7 Å². The third kappa shape index (κ3) is 3.73. The zero-order valence-corrected chi connectivity index (χ0v) is 17.0. The van der Waals surface area contributed by atoms with E-state index < -0.39 is 0 Å². The fourth-order valence-electron chi connectivity index (χ4n) is 4.42. The number of piperidine rings is 1. The lowest BCUT2D eigenvalue weighted by molar-refractivity contribution is 0.0714. The second-order valence-electron chi connectivity index (χ2n) is 7.88. The Bertz CT molecular complexity index is 949. The van der Waals surface area contributed by atoms with Gasteiger partial charge in [-0.2, -0.15) is 0 Å². The number of hydrogen-bond donors (Lipinski definition) is 1. The van der Waals surface area contributed by atoms with Gasteiger partial charge >= 0.3 is 0 Å². The summed E-state index contributed by atoms with van der Waals surface area (Å²) in [5, 5.41) is 3.88. The van der Waals surface area contributed by atoms with Crippen LogP contribution in [0.2, 0.25) is 5.15 Å². The van der Waals surface area contributed by atoms with E-state index in [-0.39, 0.29) is 11.9 Å². The summed E-state index contributed by atoms with van der Waals surface area (Å²) in [4.78, 5) is 19.5. The molecule has 0 spiro atoms. The number of aromatic nitrogens is 1. The van der Waals surface area contributed by atoms with E-state index in [0.29, 0.717) is 30.5 Å². The molecule has 29 heavy (non-hydrogen) atoms. The molecule has 7 heteroatoms. The molecule has 6 nitrogen and oxygen atoms in total. The van der Waals surface area contributed by atoms with Gasteiger partial charge in [0.05, 0.1) is 5.56 Å². The quantitative estimate of drug-likeness (QED) is 0.777. The van der Waals surface area contributed by atoms with Gasteiger partial charge in [0.1, 0.15) is 18.4 Å². The highest BCUT2D eigenvalue weighted by atomic mass is 35.5. The van der Waals surface area contributed by atoms with Gasteiger partial charge in [0, 0.05) is 36.6 Å². The molecule has 1 aromatic heterocycles. The Morgan fingerprint density at radius 3 is 2.90 bits per heavy atom. The van der Waals surface area contributed by atoms with Gasteiger partial charge in [0.25, 0.3) is 5.91 Å². The van der Waals surface area contributed by atoms with Crippen LogP contribution in [0.15, 0.2) is 24.3 Å². The van der Waals surface area contributed by atoms with E-state index in [1.54, 1.807) is 0 Å². The molecule has 1 saturated heterocycles. The molecule has 1 atom stereocenters. The second kappa shape index (κ2) is 7.75. The number of carbonyl (C=O) groups excluding carboxylic acids is 1. The number of nitrogens with one attached hydrogen (secondary N) is 1. The fourth-order valence-corrected chi connectivity index (χ4v) is 4.65. The normalized spacial score (nSPS) is 20.3. The summed E-state index contributed by atoms with van der Waals surface area (Å²) in [7, 11) is 0. The highest BCUT2D eigenvalue weighted by Crippen LogP contribution is 2.33. The first-order valence-corrected chi connectivity index (χ1v) is 10.7. The first-order chi connectivity index (χ1) is 14.2. The summed E-state index contributed by atoms with van der Waals surface area (Å²) in [6.45, 7) is 2.53. The van der Waals surface area contributed by atoms with E-state index in [0.717, 1.165) is 61.5 Å². The molecule has 2 aromatic rings. The van der Waals surface area contributed by atoms with Gasteiger partial charge in [-0.3, -0.25) is 4.79 Å². The molecule has 0 radical (unpaired) electrons. The van der Waals surface area contributed by atoms with Gasteiger partial charge in [-0.15, -0.1) is 0 Å². The zero-order valence-electron chi connectivity index (χ0n) is 16.2. The highest BCUT2D eigenvalue weighted by Gasteiger charge is 2.28. The van der Waals surface area contributed by atoms with Crippen molar-refractivity contribution in [3.63, 3.8) is 0 Å². The second-order valence-corrected chi connectivity index (χ2v) is 8.24. The lowest BCUT2D eigenvalue weighted by atomic mass is 10.0. The molecule has 0 saturated carbocycles. The third-order valence-electron chi connectivity index (χ3n) is 5.86. The Morgan fingerprint density at radius 1 is 1.14 bits per heavy atom. The molecule has 1 N–H and O–H groups in total. The Morgan fingerprint density at radius 2 is 2.00 bits per heavy atom. The molecule has 3 heterocycles. The standard InChI is InChI=1S/C22H24ClN3O3/c23-21-17(11-14-3-1-5-18(14)25-21)22(27)26-8-2-4-16(13-26)24-15-6-7-19-20(12-15)29-10-9-28-19/h6-7,11-12,16,24H,1-5,8-10,13H2/t16-/m1/s1.